The minimum atomic E-state index is 0. The summed E-state index contributed by atoms with van der Waals surface area (Å²) in [6.07, 6.45) is 1.69. The molecule has 114 valence electrons. The van der Waals surface area contributed by atoms with Gasteiger partial charge < -0.3 is 14.8 Å². The highest BCUT2D eigenvalue weighted by molar-refractivity contribution is 14.0. The van der Waals surface area contributed by atoms with Crippen LogP contribution in [0.3, 0.4) is 0 Å². The summed E-state index contributed by atoms with van der Waals surface area (Å²) in [6, 6.07) is 10.2. The van der Waals surface area contributed by atoms with Crippen LogP contribution in [0.4, 0.5) is 0 Å². The molecule has 0 fully saturated rings. The van der Waals surface area contributed by atoms with Gasteiger partial charge in [0.15, 0.2) is 11.8 Å². The topological polar surface area (TPSA) is 58.3 Å². The average Bonchev–Trinajstić information content (AvgIpc) is 2.85. The summed E-state index contributed by atoms with van der Waals surface area (Å²) in [6.45, 7) is 1.25. The van der Waals surface area contributed by atoms with Gasteiger partial charge in [-0.1, -0.05) is 30.3 Å². The van der Waals surface area contributed by atoms with Gasteiger partial charge in [-0.3, -0.25) is 0 Å². The van der Waals surface area contributed by atoms with Gasteiger partial charge in [0.1, 0.15) is 6.33 Å². The number of halogens is 1. The van der Waals surface area contributed by atoms with Crippen LogP contribution in [0.25, 0.3) is 0 Å². The van der Waals surface area contributed by atoms with E-state index in [1.807, 2.05) is 48.8 Å². The standard InChI is InChI=1S/C14H20N6.HI/c1-19(2)14(15-9-12-7-5-4-6-8-12)16-10-13-18-17-11-20(13)3;/h4-8,11H,9-10H2,1-3H3,(H,15,16);1H. The van der Waals surface area contributed by atoms with Gasteiger partial charge in [0.25, 0.3) is 0 Å². The number of aryl methyl sites for hydroxylation is 1. The van der Waals surface area contributed by atoms with Crippen molar-refractivity contribution in [2.24, 2.45) is 12.0 Å². The highest BCUT2D eigenvalue weighted by Crippen LogP contribution is 2.01. The molecule has 0 bridgehead atoms. The first kappa shape index (κ1) is 17.4. The quantitative estimate of drug-likeness (QED) is 0.482. The van der Waals surface area contributed by atoms with Crippen molar-refractivity contribution in [1.29, 1.82) is 0 Å². The van der Waals surface area contributed by atoms with Crippen LogP contribution in [0.15, 0.2) is 41.7 Å². The SMILES string of the molecule is CN(C)C(=NCc1ccccc1)NCc1nncn1C.I. The van der Waals surface area contributed by atoms with E-state index in [1.165, 1.54) is 5.56 Å². The Bertz CT molecular complexity index is 564. The van der Waals surface area contributed by atoms with Crippen molar-refractivity contribution in [2.45, 2.75) is 13.1 Å². The third-order valence-electron chi connectivity index (χ3n) is 2.89. The maximum absolute atomic E-state index is 4.60. The van der Waals surface area contributed by atoms with Crippen molar-refractivity contribution in [3.63, 3.8) is 0 Å². The van der Waals surface area contributed by atoms with Crippen LogP contribution in [0.5, 0.6) is 0 Å². The lowest BCUT2D eigenvalue weighted by atomic mass is 10.2. The first-order chi connectivity index (χ1) is 9.66. The third kappa shape index (κ3) is 5.33. The Morgan fingerprint density at radius 3 is 2.57 bits per heavy atom. The van der Waals surface area contributed by atoms with Crippen LogP contribution in [-0.2, 0) is 20.1 Å². The summed E-state index contributed by atoms with van der Waals surface area (Å²) < 4.78 is 1.89. The van der Waals surface area contributed by atoms with Crippen molar-refractivity contribution in [3.05, 3.63) is 48.0 Å². The molecule has 6 nitrogen and oxygen atoms in total. The van der Waals surface area contributed by atoms with Gasteiger partial charge in [-0.25, -0.2) is 4.99 Å². The highest BCUT2D eigenvalue weighted by atomic mass is 127. The van der Waals surface area contributed by atoms with E-state index in [2.05, 4.69) is 32.6 Å². The summed E-state index contributed by atoms with van der Waals surface area (Å²) >= 11 is 0. The van der Waals surface area contributed by atoms with E-state index in [0.717, 1.165) is 11.8 Å². The number of guanidine groups is 1. The van der Waals surface area contributed by atoms with Crippen LogP contribution >= 0.6 is 24.0 Å². The molecule has 0 aliphatic carbocycles. The van der Waals surface area contributed by atoms with E-state index in [-0.39, 0.29) is 24.0 Å². The molecule has 21 heavy (non-hydrogen) atoms. The molecule has 0 saturated heterocycles. The normalized spacial score (nSPS) is 10.9. The number of rotatable bonds is 4. The molecule has 0 atom stereocenters. The molecule has 1 N–H and O–H groups in total. The molecular weight excluding hydrogens is 379 g/mol. The summed E-state index contributed by atoms with van der Waals surface area (Å²) in [5.41, 5.74) is 1.19. The number of aliphatic imine (C=N–C) groups is 1. The molecule has 0 aliphatic heterocycles. The maximum atomic E-state index is 4.60. The zero-order chi connectivity index (χ0) is 14.4. The second-order valence-corrected chi connectivity index (χ2v) is 4.73. The van der Waals surface area contributed by atoms with E-state index in [0.29, 0.717) is 13.1 Å². The molecule has 7 heteroatoms. The smallest absolute Gasteiger partial charge is 0.194 e. The predicted octanol–water partition coefficient (Wildman–Crippen LogP) is 1.64. The van der Waals surface area contributed by atoms with Gasteiger partial charge in [0.05, 0.1) is 13.1 Å². The molecule has 1 aromatic heterocycles. The molecule has 1 aromatic carbocycles. The largest absolute Gasteiger partial charge is 0.349 e. The van der Waals surface area contributed by atoms with E-state index < -0.39 is 0 Å². The molecule has 1 heterocycles. The van der Waals surface area contributed by atoms with E-state index in [9.17, 15) is 0 Å². The first-order valence-electron chi connectivity index (χ1n) is 6.49. The molecule has 0 radical (unpaired) electrons. The van der Waals surface area contributed by atoms with Crippen molar-refractivity contribution in [3.8, 4) is 0 Å². The molecule has 0 saturated carbocycles. The summed E-state index contributed by atoms with van der Waals surface area (Å²) in [5, 5.41) is 11.2. The Kier molecular flexibility index (Phi) is 7.13. The number of hydrogen-bond acceptors (Lipinski definition) is 3. The van der Waals surface area contributed by atoms with Crippen molar-refractivity contribution < 1.29 is 0 Å². The van der Waals surface area contributed by atoms with Gasteiger partial charge in [-0.2, -0.15) is 0 Å². The number of hydrogen-bond donors (Lipinski definition) is 1. The van der Waals surface area contributed by atoms with Crippen LogP contribution in [0, 0.1) is 0 Å². The molecule has 0 unspecified atom stereocenters. The van der Waals surface area contributed by atoms with Crippen LogP contribution in [0.2, 0.25) is 0 Å². The van der Waals surface area contributed by atoms with Crippen LogP contribution in [0.1, 0.15) is 11.4 Å². The van der Waals surface area contributed by atoms with Gasteiger partial charge >= 0.3 is 0 Å². The number of benzene rings is 1. The number of aromatic nitrogens is 3. The molecule has 2 aromatic rings. The van der Waals surface area contributed by atoms with E-state index in [4.69, 9.17) is 0 Å². The minimum Gasteiger partial charge on any atom is -0.349 e. The van der Waals surface area contributed by atoms with E-state index in [1.54, 1.807) is 6.33 Å². The second-order valence-electron chi connectivity index (χ2n) is 4.73. The van der Waals surface area contributed by atoms with E-state index >= 15 is 0 Å². The Morgan fingerprint density at radius 2 is 2.00 bits per heavy atom. The lowest BCUT2D eigenvalue weighted by Crippen LogP contribution is -2.36. The van der Waals surface area contributed by atoms with Gasteiger partial charge in [0.2, 0.25) is 0 Å². The number of nitrogens with one attached hydrogen (secondary N) is 1. The van der Waals surface area contributed by atoms with Crippen LogP contribution < -0.4 is 5.32 Å². The molecule has 0 spiro atoms. The molecule has 0 amide bonds. The lowest BCUT2D eigenvalue weighted by Gasteiger charge is -2.17. The summed E-state index contributed by atoms with van der Waals surface area (Å²) in [4.78, 5) is 6.55. The molecule has 0 aliphatic rings. The van der Waals surface area contributed by atoms with Gasteiger partial charge in [0, 0.05) is 21.1 Å². The Balaban J connectivity index is 0.00000220. The summed E-state index contributed by atoms with van der Waals surface area (Å²) in [7, 11) is 5.86. The third-order valence-corrected chi connectivity index (χ3v) is 2.89. The lowest BCUT2D eigenvalue weighted by molar-refractivity contribution is 0.572. The fourth-order valence-electron chi connectivity index (χ4n) is 1.73. The zero-order valence-electron chi connectivity index (χ0n) is 12.5. The maximum Gasteiger partial charge on any atom is 0.194 e. The van der Waals surface area contributed by atoms with Crippen molar-refractivity contribution in [1.82, 2.24) is 25.0 Å². The predicted molar refractivity (Wildman–Crippen MR) is 94.5 cm³/mol. The number of nitrogens with zero attached hydrogens (tertiary/aromatic N) is 5. The molecular formula is C14H21IN6. The Morgan fingerprint density at radius 1 is 1.29 bits per heavy atom. The van der Waals surface area contributed by atoms with Crippen molar-refractivity contribution in [2.75, 3.05) is 14.1 Å². The Labute approximate surface area is 142 Å². The minimum absolute atomic E-state index is 0. The van der Waals surface area contributed by atoms with Crippen molar-refractivity contribution >= 4 is 29.9 Å². The highest BCUT2D eigenvalue weighted by Gasteiger charge is 2.05. The summed E-state index contributed by atoms with van der Waals surface area (Å²) in [5.74, 6) is 1.70. The fraction of sp³-hybridized carbons (Fsp3) is 0.357. The first-order valence-corrected chi connectivity index (χ1v) is 6.49. The fourth-order valence-corrected chi connectivity index (χ4v) is 1.73. The Hall–Kier alpha value is -1.64. The van der Waals surface area contributed by atoms with Gasteiger partial charge in [-0.05, 0) is 5.56 Å². The second kappa shape index (κ2) is 8.60. The molecule has 2 rings (SSSR count). The average molecular weight is 400 g/mol. The van der Waals surface area contributed by atoms with Gasteiger partial charge in [-0.15, -0.1) is 34.2 Å². The monoisotopic (exact) mass is 400 g/mol. The van der Waals surface area contributed by atoms with Crippen LogP contribution in [-0.4, -0.2) is 39.7 Å². The zero-order valence-corrected chi connectivity index (χ0v) is 14.9.